The number of nitrogens with zero attached hydrogens (tertiary/aromatic N) is 2. The molecule has 69 heavy (non-hydrogen) atoms. The summed E-state index contributed by atoms with van der Waals surface area (Å²) in [5.74, 6) is 0.502. The number of para-hydroxylation sites is 3. The molecule has 4 nitrogen and oxygen atoms in total. The van der Waals surface area contributed by atoms with E-state index in [4.69, 9.17) is 0 Å². The molecule has 0 saturated carbocycles. The van der Waals surface area contributed by atoms with Crippen LogP contribution in [0.5, 0.6) is 11.5 Å². The van der Waals surface area contributed by atoms with Gasteiger partial charge in [-0.3, -0.25) is 0 Å². The van der Waals surface area contributed by atoms with Crippen LogP contribution in [0.2, 0.25) is 0 Å². The SMILES string of the molecule is CC(C)(C)c1ccc(B2c3ccccc3N3c4cc(-c5ccc(O)cc5)cc5c4B(c4cccc2c43)c2cc(-c3ccc(O)cc3)cc3c2N5c2ccccc2B3c2ccc(C(C)(C)C)cc2)cc1. The third-order valence-corrected chi connectivity index (χ3v) is 15.5. The maximum atomic E-state index is 10.6. The van der Waals surface area contributed by atoms with Gasteiger partial charge in [0.05, 0.1) is 0 Å². The van der Waals surface area contributed by atoms with E-state index in [1.54, 1.807) is 24.3 Å². The van der Waals surface area contributed by atoms with E-state index < -0.39 is 0 Å². The zero-order valence-electron chi connectivity index (χ0n) is 39.9. The summed E-state index contributed by atoms with van der Waals surface area (Å²) in [4.78, 5) is 5.15. The van der Waals surface area contributed by atoms with E-state index in [1.165, 1.54) is 83.0 Å². The Labute approximate surface area is 406 Å². The van der Waals surface area contributed by atoms with Crippen LogP contribution in [0.4, 0.5) is 34.1 Å². The minimum atomic E-state index is -0.111. The fourth-order valence-corrected chi connectivity index (χ4v) is 12.1. The van der Waals surface area contributed by atoms with Gasteiger partial charge in [-0.15, -0.1) is 0 Å². The summed E-state index contributed by atoms with van der Waals surface area (Å²) in [6.07, 6.45) is 0. The summed E-state index contributed by atoms with van der Waals surface area (Å²) < 4.78 is 0. The molecule has 0 spiro atoms. The van der Waals surface area contributed by atoms with Crippen molar-refractivity contribution in [2.45, 2.75) is 52.4 Å². The van der Waals surface area contributed by atoms with Crippen molar-refractivity contribution < 1.29 is 10.2 Å². The maximum absolute atomic E-state index is 10.6. The molecule has 4 aliphatic heterocycles. The van der Waals surface area contributed by atoms with Crippen LogP contribution in [-0.2, 0) is 10.8 Å². The van der Waals surface area contributed by atoms with E-state index in [9.17, 15) is 10.2 Å². The molecule has 0 atom stereocenters. The van der Waals surface area contributed by atoms with Gasteiger partial charge in [0, 0.05) is 34.1 Å². The summed E-state index contributed by atoms with van der Waals surface area (Å²) in [7, 11) is 0. The molecule has 9 aromatic carbocycles. The number of rotatable bonds is 4. The van der Waals surface area contributed by atoms with Crippen molar-refractivity contribution in [3.05, 3.63) is 199 Å². The summed E-state index contributed by atoms with van der Waals surface area (Å²) in [5, 5.41) is 21.1. The van der Waals surface area contributed by atoms with Crippen molar-refractivity contribution in [2.24, 2.45) is 0 Å². The Morgan fingerprint density at radius 1 is 0.333 bits per heavy atom. The second-order valence-corrected chi connectivity index (χ2v) is 21.6. The highest BCUT2D eigenvalue weighted by Crippen LogP contribution is 2.47. The average Bonchev–Trinajstić information content (AvgIpc) is 3.35. The Balaban J connectivity index is 1.14. The molecule has 0 fully saturated rings. The van der Waals surface area contributed by atoms with Crippen molar-refractivity contribution in [1.82, 2.24) is 0 Å². The van der Waals surface area contributed by atoms with Gasteiger partial charge in [0.2, 0.25) is 13.4 Å². The van der Waals surface area contributed by atoms with Gasteiger partial charge < -0.3 is 20.0 Å². The highest BCUT2D eigenvalue weighted by Gasteiger charge is 2.50. The first-order valence-electron chi connectivity index (χ1n) is 24.4. The highest BCUT2D eigenvalue weighted by molar-refractivity contribution is 7.05. The lowest BCUT2D eigenvalue weighted by Gasteiger charge is -2.50. The van der Waals surface area contributed by atoms with Gasteiger partial charge in [0.15, 0.2) is 0 Å². The molecule has 330 valence electrons. The molecule has 9 aromatic rings. The van der Waals surface area contributed by atoms with Crippen LogP contribution in [0, 0.1) is 0 Å². The van der Waals surface area contributed by atoms with Crippen LogP contribution in [0.1, 0.15) is 52.7 Å². The van der Waals surface area contributed by atoms with Gasteiger partial charge in [0.1, 0.15) is 11.5 Å². The predicted octanol–water partition coefficient (Wildman–Crippen LogP) is 8.77. The average molecular weight is 889 g/mol. The van der Waals surface area contributed by atoms with Crippen molar-refractivity contribution >= 4 is 103 Å². The van der Waals surface area contributed by atoms with Gasteiger partial charge in [-0.25, -0.2) is 0 Å². The molecule has 2 N–H and O–H groups in total. The van der Waals surface area contributed by atoms with E-state index in [2.05, 4.69) is 203 Å². The first kappa shape index (κ1) is 41.6. The standard InChI is InChI=1S/C62H51B3N2O2/c1-61(2,3)42-22-26-44(27-23-42)63-48-12-7-9-16-54(48)66-56-36-41(39-20-32-47(69)33-21-39)37-57-58(56)65(51-15-11-14-50(63)59(51)66)53-35-40(38-18-30-46(68)31-19-38)34-52-60(53)67(57)55-17-10-8-13-49(55)64(52)45-28-24-43(25-29-45)62(4,5)6/h7-37,68-69H,1-6H3. The van der Waals surface area contributed by atoms with Crippen molar-refractivity contribution in [3.8, 4) is 33.8 Å². The molecule has 0 bridgehead atoms. The largest absolute Gasteiger partial charge is 0.508 e. The lowest BCUT2D eigenvalue weighted by Crippen LogP contribution is -2.69. The molecular weight excluding hydrogens is 837 g/mol. The fourth-order valence-electron chi connectivity index (χ4n) is 12.1. The normalized spacial score (nSPS) is 13.9. The number of anilines is 6. The summed E-state index contributed by atoms with van der Waals surface area (Å²) in [6.45, 7) is 13.6. The van der Waals surface area contributed by atoms with Gasteiger partial charge in [-0.1, -0.05) is 192 Å². The van der Waals surface area contributed by atoms with E-state index in [1.807, 2.05) is 12.1 Å². The molecule has 0 aliphatic carbocycles. The van der Waals surface area contributed by atoms with E-state index >= 15 is 0 Å². The third kappa shape index (κ3) is 6.32. The zero-order valence-corrected chi connectivity index (χ0v) is 39.9. The van der Waals surface area contributed by atoms with E-state index in [-0.39, 0.29) is 42.5 Å². The van der Waals surface area contributed by atoms with Crippen LogP contribution in [0.15, 0.2) is 188 Å². The van der Waals surface area contributed by atoms with Crippen LogP contribution >= 0.6 is 0 Å². The number of hydrogen-bond acceptors (Lipinski definition) is 4. The van der Waals surface area contributed by atoms with E-state index in [0.717, 1.165) is 33.6 Å². The molecule has 4 heterocycles. The number of phenolic OH excluding ortho intramolecular Hbond substituents is 2. The minimum absolute atomic E-state index is 0.0207. The van der Waals surface area contributed by atoms with Gasteiger partial charge in [0.25, 0.3) is 6.71 Å². The fraction of sp³-hybridized carbons (Fsp3) is 0.129. The molecule has 0 saturated heterocycles. The molecule has 0 aromatic heterocycles. The van der Waals surface area contributed by atoms with Crippen LogP contribution in [0.3, 0.4) is 0 Å². The van der Waals surface area contributed by atoms with Crippen LogP contribution in [0.25, 0.3) is 22.3 Å². The number of aromatic hydroxyl groups is 2. The second kappa shape index (κ2) is 14.9. The Kier molecular flexibility index (Phi) is 8.99. The predicted molar refractivity (Wildman–Crippen MR) is 294 cm³/mol. The first-order chi connectivity index (χ1) is 33.3. The highest BCUT2D eigenvalue weighted by atomic mass is 16.3. The minimum Gasteiger partial charge on any atom is -0.508 e. The zero-order chi connectivity index (χ0) is 47.1. The summed E-state index contributed by atoms with van der Waals surface area (Å²) >= 11 is 0. The maximum Gasteiger partial charge on any atom is 0.252 e. The van der Waals surface area contributed by atoms with Crippen molar-refractivity contribution in [3.63, 3.8) is 0 Å². The topological polar surface area (TPSA) is 46.9 Å². The van der Waals surface area contributed by atoms with Gasteiger partial charge >= 0.3 is 0 Å². The van der Waals surface area contributed by atoms with Crippen molar-refractivity contribution in [2.75, 3.05) is 9.80 Å². The molecular formula is C62H51B3N2O2. The van der Waals surface area contributed by atoms with Gasteiger partial charge in [-0.05, 0) is 131 Å². The number of benzene rings is 9. The van der Waals surface area contributed by atoms with E-state index in [0.29, 0.717) is 0 Å². The molecule has 0 unspecified atom stereocenters. The van der Waals surface area contributed by atoms with Crippen LogP contribution < -0.4 is 59.0 Å². The smallest absolute Gasteiger partial charge is 0.252 e. The molecule has 7 heteroatoms. The third-order valence-electron chi connectivity index (χ3n) is 15.5. The first-order valence-corrected chi connectivity index (χ1v) is 24.4. The monoisotopic (exact) mass is 888 g/mol. The summed E-state index contributed by atoms with van der Waals surface area (Å²) in [6, 6.07) is 68.9. The Bertz CT molecular complexity index is 3540. The lowest BCUT2D eigenvalue weighted by atomic mass is 9.28. The quantitative estimate of drug-likeness (QED) is 0.174. The molecule has 0 radical (unpaired) electrons. The molecule has 4 aliphatic rings. The number of hydrogen-bond donors (Lipinski definition) is 2. The Hall–Kier alpha value is -7.63. The molecule has 0 amide bonds. The second-order valence-electron chi connectivity index (χ2n) is 21.6. The van der Waals surface area contributed by atoms with Crippen LogP contribution in [-0.4, -0.2) is 30.4 Å². The Morgan fingerprint density at radius 3 is 1.17 bits per heavy atom. The summed E-state index contributed by atoms with van der Waals surface area (Å²) in [5.41, 5.74) is 25.6. The Morgan fingerprint density at radius 2 is 0.710 bits per heavy atom. The van der Waals surface area contributed by atoms with Crippen molar-refractivity contribution in [1.29, 1.82) is 0 Å². The van der Waals surface area contributed by atoms with Gasteiger partial charge in [-0.2, -0.15) is 0 Å². The lowest BCUT2D eigenvalue weighted by molar-refractivity contribution is 0.475. The number of phenols is 2. The number of fused-ring (bicyclic) bond motifs is 8. The molecule has 13 rings (SSSR count).